The first kappa shape index (κ1) is 19.4. The maximum absolute atomic E-state index is 12.5. The number of fused-ring (bicyclic) bond motifs is 1. The number of hydrogen-bond acceptors (Lipinski definition) is 6. The van der Waals surface area contributed by atoms with Gasteiger partial charge in [0.1, 0.15) is 11.4 Å². The highest BCUT2D eigenvalue weighted by molar-refractivity contribution is 7.91. The van der Waals surface area contributed by atoms with Gasteiger partial charge in [-0.15, -0.1) is 0 Å². The predicted octanol–water partition coefficient (Wildman–Crippen LogP) is 3.11. The summed E-state index contributed by atoms with van der Waals surface area (Å²) in [6, 6.07) is 8.14. The van der Waals surface area contributed by atoms with Crippen molar-refractivity contribution in [3.63, 3.8) is 0 Å². The van der Waals surface area contributed by atoms with Crippen molar-refractivity contribution in [1.82, 2.24) is 9.97 Å². The topological polar surface area (TPSA) is 84.3 Å². The smallest absolute Gasteiger partial charge is 0.227 e. The third kappa shape index (κ3) is 3.81. The minimum absolute atomic E-state index is 0.0682. The summed E-state index contributed by atoms with van der Waals surface area (Å²) in [5, 5.41) is 13.9. The van der Waals surface area contributed by atoms with Crippen LogP contribution in [0.2, 0.25) is 5.02 Å². The van der Waals surface area contributed by atoms with Crippen LogP contribution < -0.4 is 10.2 Å². The maximum atomic E-state index is 12.5. The second kappa shape index (κ2) is 7.61. The van der Waals surface area contributed by atoms with E-state index in [4.69, 9.17) is 21.6 Å². The van der Waals surface area contributed by atoms with Crippen LogP contribution in [0.4, 0.5) is 11.8 Å². The van der Waals surface area contributed by atoms with Crippen molar-refractivity contribution in [3.8, 4) is 0 Å². The van der Waals surface area contributed by atoms with Crippen LogP contribution in [-0.2, 0) is 17.6 Å². The molecule has 8 heteroatoms. The van der Waals surface area contributed by atoms with E-state index in [0.29, 0.717) is 23.4 Å². The van der Waals surface area contributed by atoms with Crippen molar-refractivity contribution in [2.24, 2.45) is 0 Å². The first-order valence-corrected chi connectivity index (χ1v) is 12.0. The van der Waals surface area contributed by atoms with Crippen molar-refractivity contribution < 1.29 is 9.66 Å². The van der Waals surface area contributed by atoms with Gasteiger partial charge in [0.15, 0.2) is 5.82 Å². The lowest BCUT2D eigenvalue weighted by atomic mass is 9.89. The Hall–Kier alpha value is -1.54. The van der Waals surface area contributed by atoms with Crippen LogP contribution in [0.15, 0.2) is 29.2 Å². The Morgan fingerprint density at radius 2 is 2.07 bits per heavy atom. The van der Waals surface area contributed by atoms with E-state index in [2.05, 4.69) is 22.3 Å². The minimum atomic E-state index is -1.06. The van der Waals surface area contributed by atoms with Gasteiger partial charge in [0.25, 0.3) is 0 Å². The Kier molecular flexibility index (Phi) is 5.10. The van der Waals surface area contributed by atoms with E-state index in [1.807, 2.05) is 12.1 Å². The Bertz CT molecular complexity index is 916. The fraction of sp³-hybridized carbons (Fsp3) is 0.524. The van der Waals surface area contributed by atoms with E-state index in [1.54, 1.807) is 0 Å². The van der Waals surface area contributed by atoms with Crippen LogP contribution >= 0.6 is 11.6 Å². The average Bonchev–Trinajstić information content (AvgIpc) is 3.42. The van der Waals surface area contributed by atoms with Crippen molar-refractivity contribution in [2.75, 3.05) is 35.7 Å². The lowest BCUT2D eigenvalue weighted by Crippen LogP contribution is -2.35. The molecule has 0 radical (unpaired) electrons. The van der Waals surface area contributed by atoms with Crippen molar-refractivity contribution in [1.29, 1.82) is 0 Å². The van der Waals surface area contributed by atoms with Crippen LogP contribution in [0.1, 0.15) is 42.9 Å². The Morgan fingerprint density at radius 1 is 1.28 bits per heavy atom. The number of aromatic nitrogens is 2. The number of benzene rings is 1. The number of nitrogens with one attached hydrogen (secondary N) is 1. The number of hydrogen-bond donors (Lipinski definition) is 2. The average molecular weight is 433 g/mol. The van der Waals surface area contributed by atoms with E-state index >= 15 is 0 Å². The summed E-state index contributed by atoms with van der Waals surface area (Å²) < 4.78 is 12.5. The molecule has 3 aliphatic rings. The van der Waals surface area contributed by atoms with E-state index in [0.717, 1.165) is 60.8 Å². The zero-order valence-corrected chi connectivity index (χ0v) is 17.8. The van der Waals surface area contributed by atoms with Crippen molar-refractivity contribution >= 4 is 34.5 Å². The monoisotopic (exact) mass is 432 g/mol. The molecule has 1 saturated heterocycles. The molecule has 2 aromatic rings. The number of halogens is 1. The normalized spacial score (nSPS) is 23.1. The first-order valence-electron chi connectivity index (χ1n) is 10.3. The number of rotatable bonds is 5. The summed E-state index contributed by atoms with van der Waals surface area (Å²) >= 11 is 5.10. The van der Waals surface area contributed by atoms with E-state index in [1.165, 1.54) is 5.56 Å². The fourth-order valence-electron chi connectivity index (χ4n) is 4.31. The molecule has 2 aliphatic heterocycles. The molecular weight excluding hydrogens is 408 g/mol. The summed E-state index contributed by atoms with van der Waals surface area (Å²) in [6.45, 7) is 1.83. The molecule has 6 nitrogen and oxygen atoms in total. The maximum Gasteiger partial charge on any atom is 0.227 e. The molecule has 2 fully saturated rings. The molecule has 0 bridgehead atoms. The summed E-state index contributed by atoms with van der Waals surface area (Å²) in [5.74, 6) is 2.46. The number of piperidine rings is 1. The van der Waals surface area contributed by atoms with Crippen LogP contribution in [-0.4, -0.2) is 50.6 Å². The zero-order valence-electron chi connectivity index (χ0n) is 16.2. The quantitative estimate of drug-likeness (QED) is 0.706. The molecule has 1 aliphatic carbocycles. The van der Waals surface area contributed by atoms with Crippen LogP contribution in [0.5, 0.6) is 0 Å². The molecule has 3 heterocycles. The molecule has 29 heavy (non-hydrogen) atoms. The number of aliphatic hydroxyl groups excluding tert-OH is 1. The summed E-state index contributed by atoms with van der Waals surface area (Å²) in [5.41, 5.74) is 1.89. The van der Waals surface area contributed by atoms with Gasteiger partial charge in [-0.3, -0.25) is 0 Å². The number of aliphatic hydroxyl groups is 1. The summed E-state index contributed by atoms with van der Waals surface area (Å²) in [6.07, 6.45) is 4.59. The van der Waals surface area contributed by atoms with Gasteiger partial charge in [0.05, 0.1) is 12.1 Å². The van der Waals surface area contributed by atoms with E-state index in [-0.39, 0.29) is 12.1 Å². The SMILES string of the molecule is [O-][S+]1CCc2nc(N3CCC(c4cccc(Cl)c4)CC3)nc(NC3(CO)CC3)c21. The highest BCUT2D eigenvalue weighted by atomic mass is 35.5. The van der Waals surface area contributed by atoms with Crippen molar-refractivity contribution in [2.45, 2.75) is 48.5 Å². The van der Waals surface area contributed by atoms with Gasteiger partial charge in [-0.2, -0.15) is 4.98 Å². The Morgan fingerprint density at radius 3 is 2.76 bits per heavy atom. The lowest BCUT2D eigenvalue weighted by Gasteiger charge is -2.32. The number of aryl methyl sites for hydroxylation is 1. The van der Waals surface area contributed by atoms with Gasteiger partial charge in [-0.05, 0) is 60.5 Å². The highest BCUT2D eigenvalue weighted by Gasteiger charge is 2.45. The summed E-state index contributed by atoms with van der Waals surface area (Å²) in [4.78, 5) is 12.5. The lowest BCUT2D eigenvalue weighted by molar-refractivity contribution is 0.265. The molecule has 0 amide bonds. The second-order valence-electron chi connectivity index (χ2n) is 8.33. The number of anilines is 2. The Balaban J connectivity index is 1.36. The van der Waals surface area contributed by atoms with Crippen molar-refractivity contribution in [3.05, 3.63) is 40.5 Å². The minimum Gasteiger partial charge on any atom is -0.611 e. The largest absolute Gasteiger partial charge is 0.611 e. The third-order valence-electron chi connectivity index (χ3n) is 6.31. The first-order chi connectivity index (χ1) is 14.1. The molecule has 1 atom stereocenters. The zero-order chi connectivity index (χ0) is 20.0. The van der Waals surface area contributed by atoms with Gasteiger partial charge in [0, 0.05) is 24.5 Å². The Labute approximate surface area is 178 Å². The van der Waals surface area contributed by atoms with Gasteiger partial charge < -0.3 is 19.9 Å². The molecule has 1 aromatic heterocycles. The standard InChI is InChI=1S/C21H25ClN4O2S/c22-16-3-1-2-15(12-16)14-4-9-26(10-5-14)20-23-17-6-11-29(28)18(17)19(24-20)25-21(13-27)7-8-21/h1-3,12,14,27H,4-11,13H2,(H,23,24,25). The predicted molar refractivity (Wildman–Crippen MR) is 115 cm³/mol. The number of nitrogens with zero attached hydrogens (tertiary/aromatic N) is 3. The molecule has 1 unspecified atom stereocenters. The molecule has 1 saturated carbocycles. The molecule has 0 spiro atoms. The molecular formula is C21H25ClN4O2S. The second-order valence-corrected chi connectivity index (χ2v) is 10.3. The third-order valence-corrected chi connectivity index (χ3v) is 8.01. The molecule has 5 rings (SSSR count). The fourth-order valence-corrected chi connectivity index (χ4v) is 5.81. The summed E-state index contributed by atoms with van der Waals surface area (Å²) in [7, 11) is 0. The molecule has 1 aromatic carbocycles. The van der Waals surface area contributed by atoms with Gasteiger partial charge >= 0.3 is 0 Å². The van der Waals surface area contributed by atoms with E-state index in [9.17, 15) is 9.66 Å². The van der Waals surface area contributed by atoms with Gasteiger partial charge in [0.2, 0.25) is 10.8 Å². The molecule has 154 valence electrons. The molecule has 2 N–H and O–H groups in total. The van der Waals surface area contributed by atoms with Gasteiger partial charge in [-0.1, -0.05) is 23.7 Å². The highest BCUT2D eigenvalue weighted by Crippen LogP contribution is 2.42. The van der Waals surface area contributed by atoms with Crippen LogP contribution in [0.3, 0.4) is 0 Å². The van der Waals surface area contributed by atoms with Crippen LogP contribution in [0, 0.1) is 0 Å². The van der Waals surface area contributed by atoms with E-state index < -0.39 is 11.2 Å². The van der Waals surface area contributed by atoms with Crippen LogP contribution in [0.25, 0.3) is 0 Å². The van der Waals surface area contributed by atoms with Gasteiger partial charge in [-0.25, -0.2) is 4.98 Å².